The van der Waals surface area contributed by atoms with Crippen LogP contribution in [0.15, 0.2) is 22.5 Å². The molecule has 0 saturated heterocycles. The number of nitrogens with zero attached hydrogens (tertiary/aromatic N) is 3. The number of amides is 2. The van der Waals surface area contributed by atoms with Crippen molar-refractivity contribution < 1.29 is 18.0 Å². The second kappa shape index (κ2) is 3.15. The number of hydrogen-bond donors (Lipinski definition) is 0. The van der Waals surface area contributed by atoms with E-state index in [1.807, 2.05) is 0 Å². The Hall–Kier alpha value is -1.40. The largest absolute Gasteiger partial charge is 0.431 e. The van der Waals surface area contributed by atoms with E-state index in [4.69, 9.17) is 0 Å². The summed E-state index contributed by atoms with van der Waals surface area (Å²) in [5.74, 6) is 0. The number of hydrogen-bond acceptors (Lipinski definition) is 2. The highest BCUT2D eigenvalue weighted by molar-refractivity contribution is 5.77. The van der Waals surface area contributed by atoms with E-state index in [0.29, 0.717) is 4.90 Å². The second-order valence-electron chi connectivity index (χ2n) is 2.30. The SMILES string of the molecule is CC=CN1C(=O)N=NC1C(F)(F)F. The van der Waals surface area contributed by atoms with Crippen molar-refractivity contribution in [3.8, 4) is 0 Å². The molecule has 0 aromatic rings. The van der Waals surface area contributed by atoms with E-state index < -0.39 is 18.4 Å². The van der Waals surface area contributed by atoms with Gasteiger partial charge in [0.05, 0.1) is 0 Å². The minimum Gasteiger partial charge on any atom is -0.265 e. The Morgan fingerprint density at radius 1 is 1.54 bits per heavy atom. The summed E-state index contributed by atoms with van der Waals surface area (Å²) in [6.45, 7) is 1.50. The van der Waals surface area contributed by atoms with Crippen molar-refractivity contribution in [2.45, 2.75) is 19.3 Å². The zero-order valence-electron chi connectivity index (χ0n) is 6.62. The van der Waals surface area contributed by atoms with E-state index in [-0.39, 0.29) is 0 Å². The molecule has 0 aromatic carbocycles. The first kappa shape index (κ1) is 9.69. The lowest BCUT2D eigenvalue weighted by molar-refractivity contribution is -0.165. The molecule has 72 valence electrons. The first-order valence-electron chi connectivity index (χ1n) is 3.39. The average Bonchev–Trinajstić information content (AvgIpc) is 2.32. The third kappa shape index (κ3) is 1.85. The minimum absolute atomic E-state index is 0.431. The summed E-state index contributed by atoms with van der Waals surface area (Å²) < 4.78 is 36.4. The molecule has 1 atom stereocenters. The molecular formula is C6H6F3N3O. The van der Waals surface area contributed by atoms with Gasteiger partial charge >= 0.3 is 12.2 Å². The van der Waals surface area contributed by atoms with Crippen LogP contribution in [0.5, 0.6) is 0 Å². The van der Waals surface area contributed by atoms with Gasteiger partial charge in [0.15, 0.2) is 0 Å². The second-order valence-corrected chi connectivity index (χ2v) is 2.30. The van der Waals surface area contributed by atoms with Gasteiger partial charge in [-0.15, -0.1) is 5.11 Å². The lowest BCUT2D eigenvalue weighted by Crippen LogP contribution is -2.39. The van der Waals surface area contributed by atoms with Crippen molar-refractivity contribution in [2.75, 3.05) is 0 Å². The van der Waals surface area contributed by atoms with Crippen LogP contribution in [0, 0.1) is 0 Å². The van der Waals surface area contributed by atoms with Crippen molar-refractivity contribution in [3.63, 3.8) is 0 Å². The Balaban J connectivity index is 2.87. The van der Waals surface area contributed by atoms with Crippen LogP contribution in [0.4, 0.5) is 18.0 Å². The third-order valence-corrected chi connectivity index (χ3v) is 1.34. The average molecular weight is 193 g/mol. The Morgan fingerprint density at radius 2 is 2.15 bits per heavy atom. The molecule has 1 rings (SSSR count). The Morgan fingerprint density at radius 3 is 2.62 bits per heavy atom. The van der Waals surface area contributed by atoms with Gasteiger partial charge in [-0.3, -0.25) is 4.90 Å². The maximum absolute atomic E-state index is 12.1. The van der Waals surface area contributed by atoms with Crippen LogP contribution in [-0.4, -0.2) is 23.3 Å². The van der Waals surface area contributed by atoms with Gasteiger partial charge < -0.3 is 0 Å². The highest BCUT2D eigenvalue weighted by Crippen LogP contribution is 2.30. The molecule has 1 aliphatic heterocycles. The van der Waals surface area contributed by atoms with Crippen molar-refractivity contribution in [2.24, 2.45) is 10.2 Å². The van der Waals surface area contributed by atoms with Gasteiger partial charge in [-0.1, -0.05) is 11.2 Å². The van der Waals surface area contributed by atoms with Crippen LogP contribution in [0.1, 0.15) is 6.92 Å². The molecule has 0 spiro atoms. The monoisotopic (exact) mass is 193 g/mol. The Bertz CT molecular complexity index is 271. The normalized spacial score (nSPS) is 23.5. The molecule has 0 N–H and O–H groups in total. The number of rotatable bonds is 1. The van der Waals surface area contributed by atoms with Gasteiger partial charge in [0.25, 0.3) is 0 Å². The number of urea groups is 1. The smallest absolute Gasteiger partial charge is 0.265 e. The van der Waals surface area contributed by atoms with Crippen LogP contribution >= 0.6 is 0 Å². The van der Waals surface area contributed by atoms with Gasteiger partial charge in [0.2, 0.25) is 6.17 Å². The van der Waals surface area contributed by atoms with E-state index in [1.165, 1.54) is 13.0 Å². The summed E-state index contributed by atoms with van der Waals surface area (Å²) >= 11 is 0. The predicted molar refractivity (Wildman–Crippen MR) is 36.7 cm³/mol. The molecule has 0 radical (unpaired) electrons. The van der Waals surface area contributed by atoms with Crippen molar-refractivity contribution >= 4 is 6.03 Å². The number of alkyl halides is 3. The molecule has 7 heteroatoms. The van der Waals surface area contributed by atoms with Gasteiger partial charge in [0.1, 0.15) is 0 Å². The van der Waals surface area contributed by atoms with E-state index in [1.54, 1.807) is 0 Å². The summed E-state index contributed by atoms with van der Waals surface area (Å²) in [6, 6.07) is -1.000. The van der Waals surface area contributed by atoms with E-state index in [9.17, 15) is 18.0 Å². The molecule has 1 unspecified atom stereocenters. The highest BCUT2D eigenvalue weighted by atomic mass is 19.4. The molecule has 13 heavy (non-hydrogen) atoms. The summed E-state index contributed by atoms with van der Waals surface area (Å²) in [7, 11) is 0. The van der Waals surface area contributed by atoms with Gasteiger partial charge in [-0.2, -0.15) is 13.2 Å². The Labute approximate surface area is 71.7 Å². The molecule has 0 bridgehead atoms. The lowest BCUT2D eigenvalue weighted by atomic mass is 10.4. The zero-order valence-corrected chi connectivity index (χ0v) is 6.62. The molecule has 1 heterocycles. The number of allylic oxidation sites excluding steroid dienone is 1. The van der Waals surface area contributed by atoms with Crippen molar-refractivity contribution in [3.05, 3.63) is 12.3 Å². The van der Waals surface area contributed by atoms with Crippen LogP contribution in [0.2, 0.25) is 0 Å². The molecule has 4 nitrogen and oxygen atoms in total. The molecule has 0 aromatic heterocycles. The van der Waals surface area contributed by atoms with Crippen LogP contribution < -0.4 is 0 Å². The topological polar surface area (TPSA) is 45.0 Å². The Kier molecular flexibility index (Phi) is 2.35. The van der Waals surface area contributed by atoms with Gasteiger partial charge in [0, 0.05) is 6.20 Å². The third-order valence-electron chi connectivity index (χ3n) is 1.34. The number of halogens is 3. The molecule has 0 fully saturated rings. The fourth-order valence-electron chi connectivity index (χ4n) is 0.845. The standard InChI is InChI=1S/C6H6F3N3O/c1-2-3-12-4(6(7,8)9)10-11-5(12)13/h2-4H,1H3. The summed E-state index contributed by atoms with van der Waals surface area (Å²) in [5.41, 5.74) is 0. The summed E-state index contributed by atoms with van der Waals surface area (Å²) in [6.07, 6.45) is -4.43. The minimum atomic E-state index is -4.57. The van der Waals surface area contributed by atoms with Crippen LogP contribution in [0.3, 0.4) is 0 Å². The first-order valence-corrected chi connectivity index (χ1v) is 3.39. The first-order chi connectivity index (χ1) is 5.96. The van der Waals surface area contributed by atoms with E-state index >= 15 is 0 Å². The summed E-state index contributed by atoms with van der Waals surface area (Å²) in [5, 5.41) is 5.64. The summed E-state index contributed by atoms with van der Waals surface area (Å²) in [4.78, 5) is 11.2. The van der Waals surface area contributed by atoms with E-state index in [0.717, 1.165) is 6.20 Å². The van der Waals surface area contributed by atoms with Gasteiger partial charge in [-0.05, 0) is 6.92 Å². The predicted octanol–water partition coefficient (Wildman–Crippen LogP) is 2.30. The van der Waals surface area contributed by atoms with Crippen molar-refractivity contribution in [1.29, 1.82) is 0 Å². The van der Waals surface area contributed by atoms with Crippen LogP contribution in [0.25, 0.3) is 0 Å². The highest BCUT2D eigenvalue weighted by Gasteiger charge is 2.48. The quantitative estimate of drug-likeness (QED) is 0.630. The molecule has 2 amide bonds. The number of azo groups is 1. The number of carbonyl (C=O) groups is 1. The zero-order chi connectivity index (χ0) is 10.1. The maximum Gasteiger partial charge on any atom is 0.431 e. The van der Waals surface area contributed by atoms with E-state index in [2.05, 4.69) is 10.2 Å². The van der Waals surface area contributed by atoms with Crippen LogP contribution in [-0.2, 0) is 0 Å². The molecule has 0 saturated carbocycles. The van der Waals surface area contributed by atoms with Crippen molar-refractivity contribution in [1.82, 2.24) is 4.90 Å². The molecule has 1 aliphatic rings. The maximum atomic E-state index is 12.1. The fraction of sp³-hybridized carbons (Fsp3) is 0.500. The lowest BCUT2D eigenvalue weighted by Gasteiger charge is -2.18. The van der Waals surface area contributed by atoms with Gasteiger partial charge in [-0.25, -0.2) is 4.79 Å². The molecule has 0 aliphatic carbocycles. The molecular weight excluding hydrogens is 187 g/mol. The fourth-order valence-corrected chi connectivity index (χ4v) is 0.845. The number of carbonyl (C=O) groups excluding carboxylic acids is 1.